The highest BCUT2D eigenvalue weighted by Crippen LogP contribution is 2.16. The zero-order valence-corrected chi connectivity index (χ0v) is 6.29. The average molecular weight is 128 g/mol. The minimum atomic E-state index is 0.164. The summed E-state index contributed by atoms with van der Waals surface area (Å²) < 4.78 is 0. The third kappa shape index (κ3) is 2.92. The number of hydrogen-bond donors (Lipinski definition) is 0. The summed E-state index contributed by atoms with van der Waals surface area (Å²) in [5.74, 6) is 0. The maximum Gasteiger partial charge on any atom is -0.00358 e. The molecule has 0 nitrogen and oxygen atoms in total. The second-order valence-corrected chi connectivity index (χ2v) is 2.83. The predicted octanol–water partition coefficient (Wildman–Crippen LogP) is 2.59. The lowest BCUT2D eigenvalue weighted by molar-refractivity contribution is 0.553. The van der Waals surface area contributed by atoms with Crippen LogP contribution in [-0.2, 0) is 0 Å². The van der Waals surface area contributed by atoms with Crippen LogP contribution in [0, 0.1) is 5.41 Å². The third-order valence-corrected chi connectivity index (χ3v) is 1.63. The summed E-state index contributed by atoms with van der Waals surface area (Å²) in [4.78, 5) is 0. The summed E-state index contributed by atoms with van der Waals surface area (Å²) in [5, 5.41) is 1.79. The van der Waals surface area contributed by atoms with Crippen molar-refractivity contribution < 1.29 is 0 Å². The SMILES string of the molecule is C=CCC(C)(C)C=S. The molecule has 0 rings (SSSR count). The summed E-state index contributed by atoms with van der Waals surface area (Å²) in [7, 11) is 0. The molecular formula is C7H12S. The van der Waals surface area contributed by atoms with E-state index in [2.05, 4.69) is 20.4 Å². The number of hydrogen-bond acceptors (Lipinski definition) is 1. The Morgan fingerprint density at radius 2 is 2.12 bits per heavy atom. The first kappa shape index (κ1) is 7.83. The Hall–Kier alpha value is -0.170. The van der Waals surface area contributed by atoms with Gasteiger partial charge in [0.2, 0.25) is 0 Å². The van der Waals surface area contributed by atoms with Gasteiger partial charge in [-0.25, -0.2) is 0 Å². The smallest absolute Gasteiger partial charge is 0.00358 e. The van der Waals surface area contributed by atoms with Crippen LogP contribution < -0.4 is 0 Å². The molecule has 0 spiro atoms. The van der Waals surface area contributed by atoms with Gasteiger partial charge in [0.1, 0.15) is 0 Å². The summed E-state index contributed by atoms with van der Waals surface area (Å²) in [6, 6.07) is 0. The Kier molecular flexibility index (Phi) is 2.91. The highest BCUT2D eigenvalue weighted by molar-refractivity contribution is 7.79. The van der Waals surface area contributed by atoms with Gasteiger partial charge in [0.25, 0.3) is 0 Å². The largest absolute Gasteiger partial charge is 0.103 e. The molecule has 0 aromatic rings. The van der Waals surface area contributed by atoms with Crippen LogP contribution in [0.25, 0.3) is 0 Å². The second-order valence-electron chi connectivity index (χ2n) is 2.60. The molecule has 0 heterocycles. The van der Waals surface area contributed by atoms with Crippen molar-refractivity contribution in [3.8, 4) is 0 Å². The molecule has 0 aromatic heterocycles. The van der Waals surface area contributed by atoms with Gasteiger partial charge in [-0.05, 0) is 17.2 Å². The van der Waals surface area contributed by atoms with Crippen LogP contribution in [0.15, 0.2) is 12.7 Å². The highest BCUT2D eigenvalue weighted by atomic mass is 32.1. The zero-order valence-electron chi connectivity index (χ0n) is 5.48. The van der Waals surface area contributed by atoms with E-state index in [1.807, 2.05) is 6.08 Å². The van der Waals surface area contributed by atoms with E-state index >= 15 is 0 Å². The lowest BCUT2D eigenvalue weighted by atomic mass is 9.92. The summed E-state index contributed by atoms with van der Waals surface area (Å²) in [5.41, 5.74) is 0.164. The van der Waals surface area contributed by atoms with Crippen molar-refractivity contribution in [2.75, 3.05) is 0 Å². The van der Waals surface area contributed by atoms with E-state index in [4.69, 9.17) is 12.2 Å². The van der Waals surface area contributed by atoms with Crippen molar-refractivity contribution in [2.24, 2.45) is 5.41 Å². The van der Waals surface area contributed by atoms with Crippen molar-refractivity contribution >= 4 is 17.6 Å². The van der Waals surface area contributed by atoms with Crippen LogP contribution >= 0.6 is 12.2 Å². The minimum absolute atomic E-state index is 0.164. The highest BCUT2D eigenvalue weighted by Gasteiger charge is 2.09. The molecule has 0 aliphatic rings. The molecule has 0 atom stereocenters. The van der Waals surface area contributed by atoms with Crippen molar-refractivity contribution in [3.05, 3.63) is 12.7 Å². The van der Waals surface area contributed by atoms with Gasteiger partial charge in [-0.1, -0.05) is 32.1 Å². The number of thiocarbonyl (C=S) groups is 1. The van der Waals surface area contributed by atoms with E-state index in [9.17, 15) is 0 Å². The lowest BCUT2D eigenvalue weighted by Gasteiger charge is -2.14. The first-order valence-electron chi connectivity index (χ1n) is 2.69. The molecule has 0 aliphatic carbocycles. The molecule has 8 heavy (non-hydrogen) atoms. The van der Waals surface area contributed by atoms with Gasteiger partial charge in [-0.2, -0.15) is 0 Å². The van der Waals surface area contributed by atoms with Crippen LogP contribution in [0.2, 0.25) is 0 Å². The predicted molar refractivity (Wildman–Crippen MR) is 42.3 cm³/mol. The molecule has 0 radical (unpaired) electrons. The number of rotatable bonds is 3. The van der Waals surface area contributed by atoms with Gasteiger partial charge in [-0.15, -0.1) is 6.58 Å². The molecule has 0 aromatic carbocycles. The van der Waals surface area contributed by atoms with Crippen LogP contribution in [-0.4, -0.2) is 5.37 Å². The molecule has 0 fully saturated rings. The maximum atomic E-state index is 4.78. The van der Waals surface area contributed by atoms with Crippen molar-refractivity contribution in [2.45, 2.75) is 20.3 Å². The summed E-state index contributed by atoms with van der Waals surface area (Å²) in [6.45, 7) is 7.83. The first-order valence-corrected chi connectivity index (χ1v) is 3.17. The van der Waals surface area contributed by atoms with Crippen LogP contribution in [0.5, 0.6) is 0 Å². The molecular weight excluding hydrogens is 116 g/mol. The Bertz CT molecular complexity index is 92.6. The Balaban J connectivity index is 3.70. The monoisotopic (exact) mass is 128 g/mol. The van der Waals surface area contributed by atoms with Crippen LogP contribution in [0.1, 0.15) is 20.3 Å². The standard InChI is InChI=1S/C7H12S/c1-4-5-7(2,3)6-8/h4,6H,1,5H2,2-3H3. The molecule has 0 saturated carbocycles. The summed E-state index contributed by atoms with van der Waals surface area (Å²) in [6.07, 6.45) is 2.86. The first-order chi connectivity index (χ1) is 3.62. The lowest BCUT2D eigenvalue weighted by Crippen LogP contribution is -2.09. The third-order valence-electron chi connectivity index (χ3n) is 0.989. The van der Waals surface area contributed by atoms with E-state index in [0.717, 1.165) is 6.42 Å². The van der Waals surface area contributed by atoms with E-state index in [-0.39, 0.29) is 5.41 Å². The Labute approximate surface area is 56.6 Å². The fourth-order valence-electron chi connectivity index (χ4n) is 0.420. The van der Waals surface area contributed by atoms with E-state index in [1.54, 1.807) is 5.37 Å². The van der Waals surface area contributed by atoms with Gasteiger partial charge in [0.05, 0.1) is 0 Å². The zero-order chi connectivity index (χ0) is 6.62. The van der Waals surface area contributed by atoms with E-state index < -0.39 is 0 Å². The second kappa shape index (κ2) is 2.98. The van der Waals surface area contributed by atoms with Gasteiger partial charge < -0.3 is 0 Å². The molecule has 0 unspecified atom stereocenters. The van der Waals surface area contributed by atoms with Gasteiger partial charge in [0.15, 0.2) is 0 Å². The molecule has 0 amide bonds. The molecule has 0 saturated heterocycles. The van der Waals surface area contributed by atoms with Crippen molar-refractivity contribution in [3.63, 3.8) is 0 Å². The average Bonchev–Trinajstić information content (AvgIpc) is 1.67. The summed E-state index contributed by atoms with van der Waals surface area (Å²) >= 11 is 4.78. The van der Waals surface area contributed by atoms with Crippen LogP contribution in [0.3, 0.4) is 0 Å². The molecule has 0 aliphatic heterocycles. The normalized spacial score (nSPS) is 10.8. The van der Waals surface area contributed by atoms with E-state index in [1.165, 1.54) is 0 Å². The fraction of sp³-hybridized carbons (Fsp3) is 0.571. The molecule has 1 heteroatoms. The Morgan fingerprint density at radius 3 is 2.25 bits per heavy atom. The minimum Gasteiger partial charge on any atom is -0.103 e. The topological polar surface area (TPSA) is 0 Å². The van der Waals surface area contributed by atoms with E-state index in [0.29, 0.717) is 0 Å². The molecule has 0 N–H and O–H groups in total. The quantitative estimate of drug-likeness (QED) is 0.416. The van der Waals surface area contributed by atoms with Gasteiger partial charge in [-0.3, -0.25) is 0 Å². The maximum absolute atomic E-state index is 4.78. The number of allylic oxidation sites excluding steroid dienone is 1. The van der Waals surface area contributed by atoms with Crippen LogP contribution in [0.4, 0.5) is 0 Å². The van der Waals surface area contributed by atoms with Crippen molar-refractivity contribution in [1.82, 2.24) is 0 Å². The molecule has 46 valence electrons. The molecule has 0 bridgehead atoms. The van der Waals surface area contributed by atoms with Crippen molar-refractivity contribution in [1.29, 1.82) is 0 Å². The fourth-order valence-corrected chi connectivity index (χ4v) is 0.516. The van der Waals surface area contributed by atoms with Gasteiger partial charge in [0, 0.05) is 0 Å². The Morgan fingerprint density at radius 1 is 1.62 bits per heavy atom. The van der Waals surface area contributed by atoms with Gasteiger partial charge >= 0.3 is 0 Å².